The highest BCUT2D eigenvalue weighted by molar-refractivity contribution is 6.31. The zero-order chi connectivity index (χ0) is 18.8. The van der Waals surface area contributed by atoms with Crippen LogP contribution < -0.4 is 4.90 Å². The average molecular weight is 377 g/mol. The van der Waals surface area contributed by atoms with E-state index < -0.39 is 0 Å². The van der Waals surface area contributed by atoms with Crippen molar-refractivity contribution in [1.29, 1.82) is 0 Å². The number of aryl methyl sites for hydroxylation is 2. The van der Waals surface area contributed by atoms with Crippen molar-refractivity contribution in [3.8, 4) is 11.1 Å². The molecule has 3 aromatic rings. The maximum absolute atomic E-state index is 12.8. The summed E-state index contributed by atoms with van der Waals surface area (Å²) in [6.45, 7) is 2.75. The van der Waals surface area contributed by atoms with E-state index >= 15 is 0 Å². The van der Waals surface area contributed by atoms with Crippen molar-refractivity contribution in [1.82, 2.24) is 4.98 Å². The molecule has 0 saturated heterocycles. The first-order valence-corrected chi connectivity index (χ1v) is 9.58. The maximum atomic E-state index is 12.8. The third kappa shape index (κ3) is 3.74. The lowest BCUT2D eigenvalue weighted by Gasteiger charge is -2.18. The van der Waals surface area contributed by atoms with Crippen LogP contribution in [0.25, 0.3) is 11.1 Å². The first kappa shape index (κ1) is 17.7. The van der Waals surface area contributed by atoms with Crippen molar-refractivity contribution < 1.29 is 4.79 Å². The lowest BCUT2D eigenvalue weighted by Crippen LogP contribution is -2.29. The van der Waals surface area contributed by atoms with Gasteiger partial charge in [-0.1, -0.05) is 29.8 Å². The van der Waals surface area contributed by atoms with Crippen molar-refractivity contribution in [3.63, 3.8) is 0 Å². The summed E-state index contributed by atoms with van der Waals surface area (Å²) >= 11 is 6.08. The van der Waals surface area contributed by atoms with Crippen LogP contribution in [-0.2, 0) is 17.6 Å². The van der Waals surface area contributed by atoms with Crippen molar-refractivity contribution in [3.05, 3.63) is 82.6 Å². The number of carbonyl (C=O) groups excluding carboxylic acids is 1. The highest BCUT2D eigenvalue weighted by Crippen LogP contribution is 2.32. The Kier molecular flexibility index (Phi) is 4.95. The van der Waals surface area contributed by atoms with Crippen LogP contribution >= 0.6 is 11.6 Å². The summed E-state index contributed by atoms with van der Waals surface area (Å²) < 4.78 is 0. The van der Waals surface area contributed by atoms with Gasteiger partial charge in [-0.3, -0.25) is 9.78 Å². The van der Waals surface area contributed by atoms with Crippen LogP contribution in [0.4, 0.5) is 5.69 Å². The van der Waals surface area contributed by atoms with E-state index in [-0.39, 0.29) is 5.91 Å². The van der Waals surface area contributed by atoms with Crippen molar-refractivity contribution in [2.45, 2.75) is 26.2 Å². The largest absolute Gasteiger partial charge is 0.312 e. The number of carbonyl (C=O) groups is 1. The molecule has 27 heavy (non-hydrogen) atoms. The van der Waals surface area contributed by atoms with Crippen LogP contribution in [0, 0.1) is 6.92 Å². The Morgan fingerprint density at radius 3 is 2.67 bits per heavy atom. The van der Waals surface area contributed by atoms with E-state index in [1.165, 1.54) is 11.1 Å². The minimum Gasteiger partial charge on any atom is -0.312 e. The van der Waals surface area contributed by atoms with E-state index in [9.17, 15) is 4.79 Å². The molecule has 0 N–H and O–H groups in total. The van der Waals surface area contributed by atoms with Crippen molar-refractivity contribution in [2.75, 3.05) is 11.4 Å². The van der Waals surface area contributed by atoms with Gasteiger partial charge < -0.3 is 4.90 Å². The standard InChI is InChI=1S/C23H21ClN2O/c1-16-14-17(2-5-21(16)24)3-7-23(27)26-13-10-20-15-19(4-6-22(20)26)18-8-11-25-12-9-18/h2,4-6,8-9,11-12,14-15H,3,7,10,13H2,1H3. The molecule has 1 amide bonds. The summed E-state index contributed by atoms with van der Waals surface area (Å²) in [6, 6.07) is 16.3. The van der Waals surface area contributed by atoms with E-state index in [1.54, 1.807) is 12.4 Å². The molecule has 2 aromatic carbocycles. The number of rotatable bonds is 4. The molecule has 1 aromatic heterocycles. The van der Waals surface area contributed by atoms with Gasteiger partial charge in [0.1, 0.15) is 0 Å². The minimum absolute atomic E-state index is 0.179. The number of hydrogen-bond acceptors (Lipinski definition) is 2. The number of aromatic nitrogens is 1. The molecule has 4 heteroatoms. The molecule has 1 aliphatic rings. The van der Waals surface area contributed by atoms with Gasteiger partial charge in [0.05, 0.1) is 0 Å². The maximum Gasteiger partial charge on any atom is 0.227 e. The Bertz CT molecular complexity index is 985. The SMILES string of the molecule is Cc1cc(CCC(=O)N2CCc3cc(-c4ccncc4)ccc32)ccc1Cl. The average Bonchev–Trinajstić information content (AvgIpc) is 3.12. The number of amides is 1. The molecule has 0 saturated carbocycles. The van der Waals surface area contributed by atoms with E-state index in [0.717, 1.165) is 46.8 Å². The number of nitrogens with zero attached hydrogens (tertiary/aromatic N) is 2. The first-order valence-electron chi connectivity index (χ1n) is 9.20. The van der Waals surface area contributed by atoms with E-state index in [2.05, 4.69) is 29.2 Å². The van der Waals surface area contributed by atoms with Crippen molar-refractivity contribution >= 4 is 23.2 Å². The number of pyridine rings is 1. The molecule has 3 nitrogen and oxygen atoms in total. The number of anilines is 1. The predicted octanol–water partition coefficient (Wildman–Crippen LogP) is 5.23. The van der Waals surface area contributed by atoms with Crippen LogP contribution in [0.3, 0.4) is 0 Å². The second kappa shape index (κ2) is 7.53. The molecule has 0 atom stereocenters. The van der Waals surface area contributed by atoms with Crippen LogP contribution in [0.5, 0.6) is 0 Å². The molecule has 0 aliphatic carbocycles. The molecule has 4 rings (SSSR count). The van der Waals surface area contributed by atoms with Crippen molar-refractivity contribution in [2.24, 2.45) is 0 Å². The predicted molar refractivity (Wildman–Crippen MR) is 110 cm³/mol. The highest BCUT2D eigenvalue weighted by Gasteiger charge is 2.24. The zero-order valence-corrected chi connectivity index (χ0v) is 16.0. The fourth-order valence-electron chi connectivity index (χ4n) is 3.63. The van der Waals surface area contributed by atoms with Gasteiger partial charge in [-0.15, -0.1) is 0 Å². The smallest absolute Gasteiger partial charge is 0.227 e. The first-order chi connectivity index (χ1) is 13.1. The summed E-state index contributed by atoms with van der Waals surface area (Å²) in [4.78, 5) is 18.8. The quantitative estimate of drug-likeness (QED) is 0.624. The summed E-state index contributed by atoms with van der Waals surface area (Å²) in [5.41, 5.74) is 6.80. The third-order valence-corrected chi connectivity index (χ3v) is 5.56. The number of benzene rings is 2. The normalized spacial score (nSPS) is 12.9. The zero-order valence-electron chi connectivity index (χ0n) is 15.3. The topological polar surface area (TPSA) is 33.2 Å². The Hall–Kier alpha value is -2.65. The Labute approximate surface area is 164 Å². The monoisotopic (exact) mass is 376 g/mol. The second-order valence-corrected chi connectivity index (χ2v) is 7.37. The van der Waals surface area contributed by atoms with E-state index in [4.69, 9.17) is 11.6 Å². The van der Waals surface area contributed by atoms with E-state index in [0.29, 0.717) is 6.42 Å². The summed E-state index contributed by atoms with van der Waals surface area (Å²) in [7, 11) is 0. The molecule has 136 valence electrons. The summed E-state index contributed by atoms with van der Waals surface area (Å²) in [5, 5.41) is 0.767. The van der Waals surface area contributed by atoms with Crippen LogP contribution in [0.1, 0.15) is 23.1 Å². The second-order valence-electron chi connectivity index (χ2n) is 6.96. The molecule has 0 radical (unpaired) electrons. The fraction of sp³-hybridized carbons (Fsp3) is 0.217. The van der Waals surface area contributed by atoms with Crippen LogP contribution in [0.15, 0.2) is 60.9 Å². The van der Waals surface area contributed by atoms with Gasteiger partial charge in [-0.05, 0) is 77.9 Å². The molecular formula is C23H21ClN2O. The summed E-state index contributed by atoms with van der Waals surface area (Å²) in [5.74, 6) is 0.179. The molecule has 1 aliphatic heterocycles. The van der Waals surface area contributed by atoms with Gasteiger partial charge in [-0.2, -0.15) is 0 Å². The molecule has 0 bridgehead atoms. The van der Waals surface area contributed by atoms with Crippen LogP contribution in [-0.4, -0.2) is 17.4 Å². The van der Waals surface area contributed by atoms with Gasteiger partial charge in [-0.25, -0.2) is 0 Å². The molecule has 2 heterocycles. The summed E-state index contributed by atoms with van der Waals surface area (Å²) in [6.07, 6.45) is 5.75. The van der Waals surface area contributed by atoms with Gasteiger partial charge in [0.2, 0.25) is 5.91 Å². The van der Waals surface area contributed by atoms with Gasteiger partial charge in [0.25, 0.3) is 0 Å². The molecule has 0 spiro atoms. The third-order valence-electron chi connectivity index (χ3n) is 5.14. The fourth-order valence-corrected chi connectivity index (χ4v) is 3.75. The Balaban J connectivity index is 1.47. The molecular weight excluding hydrogens is 356 g/mol. The van der Waals surface area contributed by atoms with Gasteiger partial charge in [0, 0.05) is 36.1 Å². The lowest BCUT2D eigenvalue weighted by atomic mass is 10.0. The lowest BCUT2D eigenvalue weighted by molar-refractivity contribution is -0.118. The number of halogens is 1. The molecule has 0 fully saturated rings. The number of fused-ring (bicyclic) bond motifs is 1. The highest BCUT2D eigenvalue weighted by atomic mass is 35.5. The van der Waals surface area contributed by atoms with Gasteiger partial charge in [0.15, 0.2) is 0 Å². The van der Waals surface area contributed by atoms with Crippen LogP contribution in [0.2, 0.25) is 5.02 Å². The molecule has 0 unspecified atom stereocenters. The van der Waals surface area contributed by atoms with E-state index in [1.807, 2.05) is 36.1 Å². The van der Waals surface area contributed by atoms with Gasteiger partial charge >= 0.3 is 0 Å². The number of hydrogen-bond donors (Lipinski definition) is 0. The Morgan fingerprint density at radius 2 is 1.89 bits per heavy atom. The minimum atomic E-state index is 0.179. The Morgan fingerprint density at radius 1 is 1.07 bits per heavy atom.